The van der Waals surface area contributed by atoms with Gasteiger partial charge in [0.05, 0.1) is 12.1 Å². The van der Waals surface area contributed by atoms with Gasteiger partial charge in [0.25, 0.3) is 0 Å². The number of alkyl halides is 3. The zero-order valence-corrected chi connectivity index (χ0v) is 9.05. The first-order valence-corrected chi connectivity index (χ1v) is 5.15. The molecular formula is C11H15F3NO+. The summed E-state index contributed by atoms with van der Waals surface area (Å²) < 4.78 is 42.3. The van der Waals surface area contributed by atoms with Crippen LogP contribution in [0.15, 0.2) is 24.3 Å². The first-order valence-electron chi connectivity index (χ1n) is 5.15. The maximum absolute atomic E-state index is 12.3. The summed E-state index contributed by atoms with van der Waals surface area (Å²) >= 11 is 0. The maximum Gasteiger partial charge on any atom is 0.416 e. The van der Waals surface area contributed by atoms with E-state index in [4.69, 9.17) is 4.74 Å². The third-order valence-electron chi connectivity index (χ3n) is 2.04. The SMILES string of the molecule is CC[NH2+]CCOc1cccc(C(F)(F)F)c1. The van der Waals surface area contributed by atoms with E-state index in [9.17, 15) is 13.2 Å². The lowest BCUT2D eigenvalue weighted by Gasteiger charge is -2.09. The summed E-state index contributed by atoms with van der Waals surface area (Å²) in [5.74, 6) is 0.263. The Morgan fingerprint density at radius 2 is 2.06 bits per heavy atom. The van der Waals surface area contributed by atoms with Crippen LogP contribution in [-0.2, 0) is 6.18 Å². The monoisotopic (exact) mass is 234 g/mol. The number of benzene rings is 1. The Balaban J connectivity index is 2.54. The molecule has 0 radical (unpaired) electrons. The molecule has 0 heterocycles. The normalized spacial score (nSPS) is 11.5. The summed E-state index contributed by atoms with van der Waals surface area (Å²) in [6, 6.07) is 4.93. The summed E-state index contributed by atoms with van der Waals surface area (Å²) in [4.78, 5) is 0. The van der Waals surface area contributed by atoms with Crippen LogP contribution in [0.25, 0.3) is 0 Å². The Morgan fingerprint density at radius 3 is 2.69 bits per heavy atom. The van der Waals surface area contributed by atoms with Gasteiger partial charge in [-0.25, -0.2) is 0 Å². The highest BCUT2D eigenvalue weighted by Crippen LogP contribution is 2.31. The van der Waals surface area contributed by atoms with Crippen LogP contribution < -0.4 is 10.1 Å². The van der Waals surface area contributed by atoms with Crippen molar-refractivity contribution < 1.29 is 23.2 Å². The largest absolute Gasteiger partial charge is 0.488 e. The lowest BCUT2D eigenvalue weighted by Crippen LogP contribution is -2.84. The fourth-order valence-electron chi connectivity index (χ4n) is 1.23. The molecule has 1 aromatic carbocycles. The molecule has 2 N–H and O–H groups in total. The smallest absolute Gasteiger partial charge is 0.416 e. The number of halogens is 3. The number of hydrogen-bond acceptors (Lipinski definition) is 1. The molecule has 0 atom stereocenters. The highest BCUT2D eigenvalue weighted by Gasteiger charge is 2.30. The Hall–Kier alpha value is -1.23. The Labute approximate surface area is 92.4 Å². The third kappa shape index (κ3) is 4.10. The van der Waals surface area contributed by atoms with Crippen molar-refractivity contribution in [3.63, 3.8) is 0 Å². The summed E-state index contributed by atoms with van der Waals surface area (Å²) in [6.07, 6.45) is -4.31. The molecule has 0 aliphatic carbocycles. The number of ether oxygens (including phenoxy) is 1. The highest BCUT2D eigenvalue weighted by atomic mass is 19.4. The highest BCUT2D eigenvalue weighted by molar-refractivity contribution is 5.30. The molecule has 16 heavy (non-hydrogen) atoms. The van der Waals surface area contributed by atoms with Crippen molar-refractivity contribution in [2.75, 3.05) is 19.7 Å². The summed E-state index contributed by atoms with van der Waals surface area (Å²) in [6.45, 7) is 4.10. The molecule has 2 nitrogen and oxygen atoms in total. The Kier molecular flexibility index (Phi) is 4.61. The second-order valence-electron chi connectivity index (χ2n) is 3.36. The van der Waals surface area contributed by atoms with Crippen molar-refractivity contribution in [1.29, 1.82) is 0 Å². The lowest BCUT2D eigenvalue weighted by molar-refractivity contribution is -0.652. The van der Waals surface area contributed by atoms with Crippen LogP contribution >= 0.6 is 0 Å². The maximum atomic E-state index is 12.3. The number of rotatable bonds is 5. The first kappa shape index (κ1) is 12.8. The molecule has 0 bridgehead atoms. The van der Waals surface area contributed by atoms with E-state index in [1.165, 1.54) is 12.1 Å². The van der Waals surface area contributed by atoms with E-state index in [0.29, 0.717) is 6.61 Å². The van der Waals surface area contributed by atoms with Crippen LogP contribution in [0.2, 0.25) is 0 Å². The molecule has 0 aliphatic heterocycles. The standard InChI is InChI=1S/C11H14F3NO/c1-2-15-6-7-16-10-5-3-4-9(8-10)11(12,13)14/h3-5,8,15H,2,6-7H2,1H3/p+1. The number of nitrogens with two attached hydrogens (primary N) is 1. The van der Waals surface area contributed by atoms with Gasteiger partial charge in [-0.15, -0.1) is 0 Å². The minimum Gasteiger partial charge on any atom is -0.488 e. The average molecular weight is 234 g/mol. The molecule has 90 valence electrons. The molecule has 1 aromatic rings. The van der Waals surface area contributed by atoms with Gasteiger partial charge in [-0.3, -0.25) is 0 Å². The van der Waals surface area contributed by atoms with Crippen molar-refractivity contribution in [1.82, 2.24) is 0 Å². The number of hydrogen-bond donors (Lipinski definition) is 1. The predicted octanol–water partition coefficient (Wildman–Crippen LogP) is 1.67. The third-order valence-corrected chi connectivity index (χ3v) is 2.04. The molecule has 0 amide bonds. The Bertz CT molecular complexity index is 325. The number of quaternary nitrogens is 1. The minimum absolute atomic E-state index is 0.263. The van der Waals surface area contributed by atoms with Crippen LogP contribution in [0.4, 0.5) is 13.2 Å². The zero-order valence-electron chi connectivity index (χ0n) is 9.05. The summed E-state index contributed by atoms with van der Waals surface area (Å²) in [5.41, 5.74) is -0.676. The van der Waals surface area contributed by atoms with Crippen LogP contribution in [0.1, 0.15) is 12.5 Å². The van der Waals surface area contributed by atoms with E-state index in [2.05, 4.69) is 0 Å². The van der Waals surface area contributed by atoms with E-state index in [-0.39, 0.29) is 5.75 Å². The summed E-state index contributed by atoms with van der Waals surface area (Å²) in [5, 5.41) is 2.02. The van der Waals surface area contributed by atoms with E-state index in [0.717, 1.165) is 25.2 Å². The second-order valence-corrected chi connectivity index (χ2v) is 3.36. The average Bonchev–Trinajstić information content (AvgIpc) is 2.24. The second kappa shape index (κ2) is 5.75. The van der Waals surface area contributed by atoms with Crippen molar-refractivity contribution in [2.24, 2.45) is 0 Å². The van der Waals surface area contributed by atoms with Gasteiger partial charge in [-0.05, 0) is 25.1 Å². The minimum atomic E-state index is -4.31. The quantitative estimate of drug-likeness (QED) is 0.770. The molecule has 0 fully saturated rings. The van der Waals surface area contributed by atoms with Crippen LogP contribution in [0.3, 0.4) is 0 Å². The molecule has 0 aliphatic rings. The van der Waals surface area contributed by atoms with Crippen molar-refractivity contribution in [3.05, 3.63) is 29.8 Å². The van der Waals surface area contributed by atoms with E-state index in [1.54, 1.807) is 0 Å². The predicted molar refractivity (Wildman–Crippen MR) is 54.3 cm³/mol. The lowest BCUT2D eigenvalue weighted by atomic mass is 10.2. The van der Waals surface area contributed by atoms with Gasteiger partial charge in [0, 0.05) is 0 Å². The van der Waals surface area contributed by atoms with Gasteiger partial charge < -0.3 is 10.1 Å². The van der Waals surface area contributed by atoms with Gasteiger partial charge >= 0.3 is 6.18 Å². The van der Waals surface area contributed by atoms with Gasteiger partial charge in [-0.2, -0.15) is 13.2 Å². The van der Waals surface area contributed by atoms with Crippen LogP contribution in [0.5, 0.6) is 5.75 Å². The fourth-order valence-corrected chi connectivity index (χ4v) is 1.23. The molecular weight excluding hydrogens is 219 g/mol. The van der Waals surface area contributed by atoms with Crippen molar-refractivity contribution >= 4 is 0 Å². The number of likely N-dealkylation sites (N-methyl/N-ethyl adjacent to an activating group) is 1. The van der Waals surface area contributed by atoms with Gasteiger partial charge in [0.1, 0.15) is 18.9 Å². The van der Waals surface area contributed by atoms with Gasteiger partial charge in [0.15, 0.2) is 0 Å². The topological polar surface area (TPSA) is 25.8 Å². The van der Waals surface area contributed by atoms with Crippen molar-refractivity contribution in [3.8, 4) is 5.75 Å². The van der Waals surface area contributed by atoms with Gasteiger partial charge in [0.2, 0.25) is 0 Å². The first-order chi connectivity index (χ1) is 7.54. The molecule has 0 aromatic heterocycles. The van der Waals surface area contributed by atoms with E-state index < -0.39 is 11.7 Å². The van der Waals surface area contributed by atoms with Crippen LogP contribution in [-0.4, -0.2) is 19.7 Å². The molecule has 0 spiro atoms. The Morgan fingerprint density at radius 1 is 1.31 bits per heavy atom. The molecule has 5 heteroatoms. The van der Waals surface area contributed by atoms with Crippen molar-refractivity contribution in [2.45, 2.75) is 13.1 Å². The van der Waals surface area contributed by atoms with E-state index in [1.807, 2.05) is 12.2 Å². The van der Waals surface area contributed by atoms with E-state index >= 15 is 0 Å². The zero-order chi connectivity index (χ0) is 12.0. The molecule has 0 unspecified atom stereocenters. The molecule has 1 rings (SSSR count). The molecule has 0 saturated heterocycles. The summed E-state index contributed by atoms with van der Waals surface area (Å²) in [7, 11) is 0. The van der Waals surface area contributed by atoms with Gasteiger partial charge in [-0.1, -0.05) is 6.07 Å². The molecule has 0 saturated carbocycles. The van der Waals surface area contributed by atoms with Crippen LogP contribution in [0, 0.1) is 0 Å². The fraction of sp³-hybridized carbons (Fsp3) is 0.455.